The Labute approximate surface area is 263 Å². The highest BCUT2D eigenvalue weighted by molar-refractivity contribution is 5.95. The van der Waals surface area contributed by atoms with Gasteiger partial charge < -0.3 is 24.3 Å². The van der Waals surface area contributed by atoms with Crippen molar-refractivity contribution in [3.05, 3.63) is 95.6 Å². The molecule has 1 aliphatic carbocycles. The predicted molar refractivity (Wildman–Crippen MR) is 167 cm³/mol. The Morgan fingerprint density at radius 2 is 1.58 bits per heavy atom. The first-order chi connectivity index (χ1) is 21.6. The van der Waals surface area contributed by atoms with Crippen molar-refractivity contribution in [2.45, 2.75) is 64.1 Å². The second-order valence-corrected chi connectivity index (χ2v) is 12.6. The molecular weight excluding hydrogens is 572 g/mol. The SMILES string of the molecule is C[C@@H]1[C@H]([C@H](C)C(=O)N2C(=O)OC[C@@H]2Cc2ccccc2)OC(C)(C)O[C@@H]1CNC(=O)OCC1c2ccccc2-c2ccccc21. The number of benzene rings is 3. The Morgan fingerprint density at radius 1 is 0.956 bits per heavy atom. The Balaban J connectivity index is 1.08. The lowest BCUT2D eigenvalue weighted by molar-refractivity contribution is -0.323. The fourth-order valence-corrected chi connectivity index (χ4v) is 6.89. The van der Waals surface area contributed by atoms with Crippen LogP contribution in [0.5, 0.6) is 0 Å². The highest BCUT2D eigenvalue weighted by Gasteiger charge is 2.48. The molecule has 9 heteroatoms. The molecule has 2 heterocycles. The lowest BCUT2D eigenvalue weighted by atomic mass is 9.86. The number of imide groups is 1. The van der Waals surface area contributed by atoms with Crippen LogP contribution >= 0.6 is 0 Å². The van der Waals surface area contributed by atoms with Crippen molar-refractivity contribution < 1.29 is 33.3 Å². The van der Waals surface area contributed by atoms with Gasteiger partial charge in [-0.05, 0) is 48.1 Å². The van der Waals surface area contributed by atoms with Gasteiger partial charge >= 0.3 is 12.2 Å². The third kappa shape index (κ3) is 6.32. The van der Waals surface area contributed by atoms with Crippen molar-refractivity contribution in [1.29, 1.82) is 0 Å². The molecule has 0 unspecified atom stereocenters. The van der Waals surface area contributed by atoms with Crippen molar-refractivity contribution in [2.75, 3.05) is 19.8 Å². The maximum atomic E-state index is 13.8. The van der Waals surface area contributed by atoms with E-state index >= 15 is 0 Å². The van der Waals surface area contributed by atoms with Crippen molar-refractivity contribution in [1.82, 2.24) is 10.2 Å². The smallest absolute Gasteiger partial charge is 0.416 e. The number of ether oxygens (including phenoxy) is 4. The molecule has 9 nitrogen and oxygen atoms in total. The van der Waals surface area contributed by atoms with E-state index in [0.717, 1.165) is 27.8 Å². The number of fused-ring (bicyclic) bond motifs is 3. The highest BCUT2D eigenvalue weighted by Crippen LogP contribution is 2.44. The highest BCUT2D eigenvalue weighted by atomic mass is 16.7. The van der Waals surface area contributed by atoms with Crippen LogP contribution in [0.15, 0.2) is 78.9 Å². The molecule has 0 saturated carbocycles. The Kier molecular flexibility index (Phi) is 8.66. The average molecular weight is 613 g/mol. The molecule has 5 atom stereocenters. The van der Waals surface area contributed by atoms with Gasteiger partial charge in [-0.2, -0.15) is 0 Å². The number of carbonyl (C=O) groups is 3. The fourth-order valence-electron chi connectivity index (χ4n) is 6.89. The second kappa shape index (κ2) is 12.7. The first kappa shape index (κ1) is 30.8. The van der Waals surface area contributed by atoms with Gasteiger partial charge in [-0.1, -0.05) is 92.7 Å². The number of amides is 3. The number of rotatable bonds is 8. The van der Waals surface area contributed by atoms with Crippen LogP contribution in [0.1, 0.15) is 50.3 Å². The third-order valence-corrected chi connectivity index (χ3v) is 9.15. The molecule has 3 aliphatic rings. The van der Waals surface area contributed by atoms with Crippen LogP contribution in [-0.2, 0) is 30.2 Å². The van der Waals surface area contributed by atoms with Crippen molar-refractivity contribution in [3.8, 4) is 11.1 Å². The average Bonchev–Trinajstić information content (AvgIpc) is 3.56. The number of alkyl carbamates (subject to hydrolysis) is 1. The van der Waals surface area contributed by atoms with Gasteiger partial charge in [0.25, 0.3) is 0 Å². The van der Waals surface area contributed by atoms with Gasteiger partial charge in [0.05, 0.1) is 24.2 Å². The summed E-state index contributed by atoms with van der Waals surface area (Å²) in [6.07, 6.45) is -1.70. The van der Waals surface area contributed by atoms with Gasteiger partial charge in [-0.15, -0.1) is 0 Å². The third-order valence-electron chi connectivity index (χ3n) is 9.15. The molecule has 2 fully saturated rings. The topological polar surface area (TPSA) is 103 Å². The minimum absolute atomic E-state index is 0.0421. The van der Waals surface area contributed by atoms with Crippen LogP contribution in [0.25, 0.3) is 11.1 Å². The Hall–Kier alpha value is -4.21. The van der Waals surface area contributed by atoms with Gasteiger partial charge in [0, 0.05) is 18.4 Å². The summed E-state index contributed by atoms with van der Waals surface area (Å²) in [6, 6.07) is 25.7. The zero-order chi connectivity index (χ0) is 31.7. The fraction of sp³-hybridized carbons (Fsp3) is 0.417. The lowest BCUT2D eigenvalue weighted by Crippen LogP contribution is -2.58. The zero-order valence-electron chi connectivity index (χ0n) is 26.1. The summed E-state index contributed by atoms with van der Waals surface area (Å²) < 4.78 is 23.5. The second-order valence-electron chi connectivity index (χ2n) is 12.6. The summed E-state index contributed by atoms with van der Waals surface area (Å²) in [7, 11) is 0. The van der Waals surface area contributed by atoms with Crippen LogP contribution in [0, 0.1) is 11.8 Å². The van der Waals surface area contributed by atoms with Gasteiger partial charge in [0.1, 0.15) is 13.2 Å². The Morgan fingerprint density at radius 3 is 2.24 bits per heavy atom. The van der Waals surface area contributed by atoms with Crippen molar-refractivity contribution in [2.24, 2.45) is 11.8 Å². The number of hydrogen-bond donors (Lipinski definition) is 1. The molecule has 3 aromatic carbocycles. The van der Waals surface area contributed by atoms with E-state index in [1.54, 1.807) is 20.8 Å². The maximum Gasteiger partial charge on any atom is 0.416 e. The zero-order valence-corrected chi connectivity index (χ0v) is 26.1. The monoisotopic (exact) mass is 612 g/mol. The minimum Gasteiger partial charge on any atom is -0.449 e. The quantitative estimate of drug-likeness (QED) is 0.338. The van der Waals surface area contributed by atoms with Crippen LogP contribution in [-0.4, -0.2) is 66.8 Å². The first-order valence-corrected chi connectivity index (χ1v) is 15.6. The van der Waals surface area contributed by atoms with Crippen LogP contribution in [0.2, 0.25) is 0 Å². The number of cyclic esters (lactones) is 1. The minimum atomic E-state index is -1.02. The number of hydrogen-bond acceptors (Lipinski definition) is 7. The standard InChI is InChI=1S/C36H40N2O7/c1-22-31(19-37-34(40)42-21-30-28-16-10-8-14-26(28)27-15-9-11-17-29(27)30)44-36(3,4)45-32(22)23(2)33(39)38-25(20-43-35(38)41)18-24-12-6-5-7-13-24/h5-17,22-23,25,30-32H,18-21H2,1-4H3,(H,37,40)/t22-,23-,25-,31+,32+/m0/s1. The van der Waals surface area contributed by atoms with Crippen LogP contribution in [0.4, 0.5) is 9.59 Å². The van der Waals surface area contributed by atoms with Crippen molar-refractivity contribution in [3.63, 3.8) is 0 Å². The lowest BCUT2D eigenvalue weighted by Gasteiger charge is -2.47. The largest absolute Gasteiger partial charge is 0.449 e. The summed E-state index contributed by atoms with van der Waals surface area (Å²) >= 11 is 0. The molecule has 3 aromatic rings. The molecule has 0 bridgehead atoms. The van der Waals surface area contributed by atoms with Gasteiger partial charge in [0.15, 0.2) is 5.79 Å². The molecule has 2 aliphatic heterocycles. The van der Waals surface area contributed by atoms with Crippen LogP contribution < -0.4 is 5.32 Å². The van der Waals surface area contributed by atoms with Gasteiger partial charge in [0.2, 0.25) is 5.91 Å². The molecule has 1 N–H and O–H groups in total. The van der Waals surface area contributed by atoms with E-state index in [1.165, 1.54) is 4.90 Å². The van der Waals surface area contributed by atoms with Gasteiger partial charge in [-0.3, -0.25) is 4.79 Å². The van der Waals surface area contributed by atoms with Crippen molar-refractivity contribution >= 4 is 18.1 Å². The van der Waals surface area contributed by atoms with E-state index in [9.17, 15) is 14.4 Å². The molecule has 0 aromatic heterocycles. The molecule has 3 amide bonds. The van der Waals surface area contributed by atoms with E-state index in [1.807, 2.05) is 61.5 Å². The van der Waals surface area contributed by atoms with E-state index in [4.69, 9.17) is 18.9 Å². The summed E-state index contributed by atoms with van der Waals surface area (Å²) in [5.41, 5.74) is 5.63. The molecule has 6 rings (SSSR count). The normalized spacial score (nSPS) is 24.4. The molecule has 45 heavy (non-hydrogen) atoms. The molecule has 2 saturated heterocycles. The molecule has 0 spiro atoms. The molecule has 236 valence electrons. The first-order valence-electron chi connectivity index (χ1n) is 15.6. The number of nitrogens with zero attached hydrogens (tertiary/aromatic N) is 1. The number of nitrogens with one attached hydrogen (secondary N) is 1. The van der Waals surface area contributed by atoms with E-state index < -0.39 is 42.1 Å². The summed E-state index contributed by atoms with van der Waals surface area (Å²) in [5.74, 6) is -2.36. The van der Waals surface area contributed by atoms with E-state index in [-0.39, 0.29) is 37.5 Å². The molecule has 0 radical (unpaired) electrons. The summed E-state index contributed by atoms with van der Waals surface area (Å²) in [5, 5.41) is 2.87. The summed E-state index contributed by atoms with van der Waals surface area (Å²) in [4.78, 5) is 40.6. The maximum absolute atomic E-state index is 13.8. The summed E-state index contributed by atoms with van der Waals surface area (Å²) in [6.45, 7) is 7.79. The van der Waals surface area contributed by atoms with Gasteiger partial charge in [-0.25, -0.2) is 14.5 Å². The van der Waals surface area contributed by atoms with E-state index in [0.29, 0.717) is 6.42 Å². The number of carbonyl (C=O) groups excluding carboxylic acids is 3. The van der Waals surface area contributed by atoms with E-state index in [2.05, 4.69) is 29.6 Å². The Bertz CT molecular complexity index is 1510. The van der Waals surface area contributed by atoms with Crippen LogP contribution in [0.3, 0.4) is 0 Å². The molecular formula is C36H40N2O7. The predicted octanol–water partition coefficient (Wildman–Crippen LogP) is 5.91.